The standard InChI is InChI=1S/C23H26N4O3/c28-21(10-11-22-25-26-23(30-22)18-6-2-1-3-7-18)24-16-19-8-4-5-9-20(19)17-27-12-14-29-15-13-27/h1-9H,10-17H2,(H,24,28). The Morgan fingerprint density at radius 2 is 1.70 bits per heavy atom. The van der Waals surface area contributed by atoms with Crippen molar-refractivity contribution < 1.29 is 13.9 Å². The van der Waals surface area contributed by atoms with Gasteiger partial charge in [-0.3, -0.25) is 9.69 Å². The van der Waals surface area contributed by atoms with Crippen molar-refractivity contribution in [2.75, 3.05) is 26.3 Å². The molecule has 30 heavy (non-hydrogen) atoms. The summed E-state index contributed by atoms with van der Waals surface area (Å²) in [4.78, 5) is 14.7. The van der Waals surface area contributed by atoms with E-state index in [1.165, 1.54) is 5.56 Å². The highest BCUT2D eigenvalue weighted by Crippen LogP contribution is 2.17. The molecule has 1 fully saturated rings. The van der Waals surface area contributed by atoms with Crippen LogP contribution in [0.25, 0.3) is 11.5 Å². The molecule has 0 spiro atoms. The van der Waals surface area contributed by atoms with Crippen molar-refractivity contribution in [3.8, 4) is 11.5 Å². The summed E-state index contributed by atoms with van der Waals surface area (Å²) < 4.78 is 11.1. The number of ether oxygens (including phenoxy) is 1. The first kappa shape index (κ1) is 20.3. The molecule has 2 aromatic carbocycles. The second-order valence-corrected chi connectivity index (χ2v) is 7.30. The highest BCUT2D eigenvalue weighted by molar-refractivity contribution is 5.76. The second kappa shape index (κ2) is 10.1. The zero-order valence-electron chi connectivity index (χ0n) is 16.9. The molecule has 1 aromatic heterocycles. The van der Waals surface area contributed by atoms with E-state index in [0.29, 0.717) is 31.2 Å². The van der Waals surface area contributed by atoms with Crippen LogP contribution in [0, 0.1) is 0 Å². The minimum atomic E-state index is -0.0318. The molecule has 0 unspecified atom stereocenters. The Bertz CT molecular complexity index is 952. The van der Waals surface area contributed by atoms with Crippen LogP contribution in [0.2, 0.25) is 0 Å². The summed E-state index contributed by atoms with van der Waals surface area (Å²) in [6.07, 6.45) is 0.725. The molecule has 0 bridgehead atoms. The molecule has 3 aromatic rings. The van der Waals surface area contributed by atoms with Gasteiger partial charge in [0.05, 0.1) is 13.2 Å². The van der Waals surface area contributed by atoms with Crippen LogP contribution in [0.5, 0.6) is 0 Å². The van der Waals surface area contributed by atoms with E-state index in [0.717, 1.165) is 44.0 Å². The minimum absolute atomic E-state index is 0.0318. The topological polar surface area (TPSA) is 80.5 Å². The molecule has 1 aliphatic rings. The number of nitrogens with zero attached hydrogens (tertiary/aromatic N) is 3. The SMILES string of the molecule is O=C(CCc1nnc(-c2ccccc2)o1)NCc1ccccc1CN1CCOCC1. The van der Waals surface area contributed by atoms with Gasteiger partial charge in [-0.25, -0.2) is 0 Å². The molecule has 0 atom stereocenters. The van der Waals surface area contributed by atoms with Gasteiger partial charge in [-0.2, -0.15) is 0 Å². The van der Waals surface area contributed by atoms with Gasteiger partial charge in [0.2, 0.25) is 17.7 Å². The van der Waals surface area contributed by atoms with Crippen molar-refractivity contribution in [2.24, 2.45) is 0 Å². The largest absolute Gasteiger partial charge is 0.421 e. The number of hydrogen-bond donors (Lipinski definition) is 1. The van der Waals surface area contributed by atoms with Crippen molar-refractivity contribution in [2.45, 2.75) is 25.9 Å². The van der Waals surface area contributed by atoms with Crippen LogP contribution < -0.4 is 5.32 Å². The quantitative estimate of drug-likeness (QED) is 0.620. The van der Waals surface area contributed by atoms with Gasteiger partial charge in [0, 0.05) is 44.6 Å². The lowest BCUT2D eigenvalue weighted by molar-refractivity contribution is -0.121. The van der Waals surface area contributed by atoms with E-state index in [4.69, 9.17) is 9.15 Å². The molecule has 0 aliphatic carbocycles. The third-order valence-corrected chi connectivity index (χ3v) is 5.15. The van der Waals surface area contributed by atoms with Gasteiger partial charge in [0.1, 0.15) is 0 Å². The molecule has 0 radical (unpaired) electrons. The molecule has 7 heteroatoms. The van der Waals surface area contributed by atoms with Crippen molar-refractivity contribution in [3.05, 3.63) is 71.6 Å². The first-order chi connectivity index (χ1) is 14.8. The fourth-order valence-corrected chi connectivity index (χ4v) is 3.44. The molecule has 2 heterocycles. The fourth-order valence-electron chi connectivity index (χ4n) is 3.44. The van der Waals surface area contributed by atoms with Gasteiger partial charge in [-0.15, -0.1) is 10.2 Å². The van der Waals surface area contributed by atoms with E-state index < -0.39 is 0 Å². The zero-order chi connectivity index (χ0) is 20.6. The minimum Gasteiger partial charge on any atom is -0.421 e. The maximum absolute atomic E-state index is 12.3. The average Bonchev–Trinajstić information content (AvgIpc) is 3.28. The third-order valence-electron chi connectivity index (χ3n) is 5.15. The number of aromatic nitrogens is 2. The van der Waals surface area contributed by atoms with E-state index in [1.807, 2.05) is 42.5 Å². The lowest BCUT2D eigenvalue weighted by atomic mass is 10.1. The molecule has 1 saturated heterocycles. The summed E-state index contributed by atoms with van der Waals surface area (Å²) in [6, 6.07) is 17.9. The number of hydrogen-bond acceptors (Lipinski definition) is 6. The lowest BCUT2D eigenvalue weighted by Gasteiger charge is -2.27. The first-order valence-corrected chi connectivity index (χ1v) is 10.3. The number of aryl methyl sites for hydroxylation is 1. The predicted molar refractivity (Wildman–Crippen MR) is 112 cm³/mol. The Kier molecular flexibility index (Phi) is 6.84. The van der Waals surface area contributed by atoms with Gasteiger partial charge >= 0.3 is 0 Å². The van der Waals surface area contributed by atoms with Gasteiger partial charge in [-0.05, 0) is 23.3 Å². The Balaban J connectivity index is 1.27. The van der Waals surface area contributed by atoms with Crippen LogP contribution >= 0.6 is 0 Å². The third kappa shape index (κ3) is 5.52. The van der Waals surface area contributed by atoms with Crippen LogP contribution in [-0.2, 0) is 29.0 Å². The molecular weight excluding hydrogens is 380 g/mol. The monoisotopic (exact) mass is 406 g/mol. The maximum atomic E-state index is 12.3. The molecule has 1 amide bonds. The van der Waals surface area contributed by atoms with Crippen molar-refractivity contribution in [3.63, 3.8) is 0 Å². The summed E-state index contributed by atoms with van der Waals surface area (Å²) in [7, 11) is 0. The molecule has 7 nitrogen and oxygen atoms in total. The number of carbonyl (C=O) groups is 1. The van der Waals surface area contributed by atoms with E-state index >= 15 is 0 Å². The number of amides is 1. The number of carbonyl (C=O) groups excluding carboxylic acids is 1. The Morgan fingerprint density at radius 1 is 0.967 bits per heavy atom. The predicted octanol–water partition coefficient (Wildman–Crippen LogP) is 2.82. The van der Waals surface area contributed by atoms with Crippen LogP contribution in [0.3, 0.4) is 0 Å². The highest BCUT2D eigenvalue weighted by atomic mass is 16.5. The Labute approximate surface area is 176 Å². The summed E-state index contributed by atoms with van der Waals surface area (Å²) >= 11 is 0. The van der Waals surface area contributed by atoms with Crippen LogP contribution in [0.15, 0.2) is 59.0 Å². The summed E-state index contributed by atoms with van der Waals surface area (Å²) in [5.41, 5.74) is 3.25. The van der Waals surface area contributed by atoms with Crippen molar-refractivity contribution in [1.29, 1.82) is 0 Å². The van der Waals surface area contributed by atoms with Gasteiger partial charge in [0.25, 0.3) is 0 Å². The smallest absolute Gasteiger partial charge is 0.247 e. The summed E-state index contributed by atoms with van der Waals surface area (Å²) in [5, 5.41) is 11.1. The molecule has 1 aliphatic heterocycles. The fraction of sp³-hybridized carbons (Fsp3) is 0.348. The first-order valence-electron chi connectivity index (χ1n) is 10.3. The van der Waals surface area contributed by atoms with E-state index in [9.17, 15) is 4.79 Å². The Morgan fingerprint density at radius 3 is 2.50 bits per heavy atom. The number of rotatable bonds is 8. The molecule has 4 rings (SSSR count). The van der Waals surface area contributed by atoms with Crippen molar-refractivity contribution in [1.82, 2.24) is 20.4 Å². The molecule has 156 valence electrons. The summed E-state index contributed by atoms with van der Waals surface area (Å²) in [6.45, 7) is 4.82. The zero-order valence-corrected chi connectivity index (χ0v) is 16.9. The number of nitrogens with one attached hydrogen (secondary N) is 1. The summed E-state index contributed by atoms with van der Waals surface area (Å²) in [5.74, 6) is 0.912. The lowest BCUT2D eigenvalue weighted by Crippen LogP contribution is -2.36. The van der Waals surface area contributed by atoms with Gasteiger partial charge in [0.15, 0.2) is 0 Å². The molecular formula is C23H26N4O3. The molecule has 0 saturated carbocycles. The van der Waals surface area contributed by atoms with E-state index in [2.05, 4.69) is 32.5 Å². The molecule has 1 N–H and O–H groups in total. The normalized spacial score (nSPS) is 14.5. The average molecular weight is 406 g/mol. The van der Waals surface area contributed by atoms with E-state index in [-0.39, 0.29) is 5.91 Å². The number of benzene rings is 2. The maximum Gasteiger partial charge on any atom is 0.247 e. The van der Waals surface area contributed by atoms with Crippen LogP contribution in [0.1, 0.15) is 23.4 Å². The van der Waals surface area contributed by atoms with E-state index in [1.54, 1.807) is 0 Å². The van der Waals surface area contributed by atoms with Crippen LogP contribution in [-0.4, -0.2) is 47.3 Å². The van der Waals surface area contributed by atoms with Gasteiger partial charge < -0.3 is 14.5 Å². The highest BCUT2D eigenvalue weighted by Gasteiger charge is 2.14. The number of morpholine rings is 1. The van der Waals surface area contributed by atoms with Crippen LogP contribution in [0.4, 0.5) is 0 Å². The van der Waals surface area contributed by atoms with Gasteiger partial charge in [-0.1, -0.05) is 42.5 Å². The second-order valence-electron chi connectivity index (χ2n) is 7.30. The van der Waals surface area contributed by atoms with Crippen molar-refractivity contribution >= 4 is 5.91 Å². The Hall–Kier alpha value is -3.03.